The lowest BCUT2D eigenvalue weighted by molar-refractivity contribution is -0.131. The average molecular weight is 331 g/mol. The number of primary amides is 1. The summed E-state index contributed by atoms with van der Waals surface area (Å²) in [7, 11) is 0. The minimum atomic E-state index is -0.498. The number of carbonyl (C=O) groups is 2. The van der Waals surface area contributed by atoms with Gasteiger partial charge in [0.1, 0.15) is 11.5 Å². The summed E-state index contributed by atoms with van der Waals surface area (Å²) in [6, 6.07) is 5.63. The highest BCUT2D eigenvalue weighted by molar-refractivity contribution is 8.00. The Morgan fingerprint density at radius 3 is 2.83 bits per heavy atom. The normalized spacial score (nSPS) is 15.1. The standard InChI is InChI=1S/C15H17N5O2S/c1-10(23-13-4-2-3-5-17-13)15(22)19-6-7-20-11(14(16)21)8-18-12(20)9-19/h2-5,8,10H,6-7,9H2,1H3,(H2,16,21). The molecule has 0 fully saturated rings. The molecule has 0 spiro atoms. The predicted molar refractivity (Wildman–Crippen MR) is 85.7 cm³/mol. The molecule has 0 bridgehead atoms. The van der Waals surface area contributed by atoms with Crippen LogP contribution in [0.4, 0.5) is 0 Å². The molecule has 23 heavy (non-hydrogen) atoms. The lowest BCUT2D eigenvalue weighted by Gasteiger charge is -2.30. The Hall–Kier alpha value is -2.35. The van der Waals surface area contributed by atoms with Gasteiger partial charge in [-0.2, -0.15) is 0 Å². The van der Waals surface area contributed by atoms with E-state index >= 15 is 0 Å². The third-order valence-electron chi connectivity index (χ3n) is 3.71. The molecular weight excluding hydrogens is 314 g/mol. The van der Waals surface area contributed by atoms with Crippen LogP contribution in [0, 0.1) is 0 Å². The summed E-state index contributed by atoms with van der Waals surface area (Å²) in [5.74, 6) is 0.228. The maximum Gasteiger partial charge on any atom is 0.266 e. The molecule has 1 aliphatic heterocycles. The first-order valence-corrected chi connectivity index (χ1v) is 8.15. The molecule has 8 heteroatoms. The van der Waals surface area contributed by atoms with Crippen LogP contribution in [0.5, 0.6) is 0 Å². The zero-order valence-corrected chi connectivity index (χ0v) is 13.5. The van der Waals surface area contributed by atoms with E-state index in [9.17, 15) is 9.59 Å². The summed E-state index contributed by atoms with van der Waals surface area (Å²) in [4.78, 5) is 34.1. The summed E-state index contributed by atoms with van der Waals surface area (Å²) in [5, 5.41) is 0.588. The highest BCUT2D eigenvalue weighted by atomic mass is 32.2. The second kappa shape index (κ2) is 6.41. The molecule has 1 unspecified atom stereocenters. The van der Waals surface area contributed by atoms with Crippen molar-refractivity contribution in [3.8, 4) is 0 Å². The van der Waals surface area contributed by atoms with Crippen LogP contribution in [0.15, 0.2) is 35.6 Å². The lowest BCUT2D eigenvalue weighted by Crippen LogP contribution is -2.42. The van der Waals surface area contributed by atoms with E-state index in [0.717, 1.165) is 5.03 Å². The van der Waals surface area contributed by atoms with E-state index in [1.807, 2.05) is 25.1 Å². The summed E-state index contributed by atoms with van der Waals surface area (Å²) in [5.41, 5.74) is 5.71. The van der Waals surface area contributed by atoms with Crippen LogP contribution in [0.2, 0.25) is 0 Å². The number of carbonyl (C=O) groups excluding carboxylic acids is 2. The second-order valence-electron chi connectivity index (χ2n) is 5.26. The van der Waals surface area contributed by atoms with Gasteiger partial charge >= 0.3 is 0 Å². The molecule has 0 saturated carbocycles. The molecule has 2 amide bonds. The number of rotatable bonds is 4. The van der Waals surface area contributed by atoms with Crippen molar-refractivity contribution in [3.63, 3.8) is 0 Å². The van der Waals surface area contributed by atoms with E-state index < -0.39 is 5.91 Å². The van der Waals surface area contributed by atoms with E-state index in [0.29, 0.717) is 31.2 Å². The quantitative estimate of drug-likeness (QED) is 0.840. The zero-order chi connectivity index (χ0) is 16.4. The van der Waals surface area contributed by atoms with Crippen LogP contribution < -0.4 is 5.73 Å². The molecular formula is C15H17N5O2S. The third kappa shape index (κ3) is 3.21. The fourth-order valence-corrected chi connectivity index (χ4v) is 3.44. The lowest BCUT2D eigenvalue weighted by atomic mass is 10.3. The Morgan fingerprint density at radius 1 is 1.30 bits per heavy atom. The Kier molecular flexibility index (Phi) is 4.33. The summed E-state index contributed by atoms with van der Waals surface area (Å²) in [6.07, 6.45) is 3.18. The van der Waals surface area contributed by atoms with E-state index in [4.69, 9.17) is 5.73 Å². The fourth-order valence-electron chi connectivity index (χ4n) is 2.55. The molecule has 0 aliphatic carbocycles. The Labute approximate surface area is 137 Å². The first-order chi connectivity index (χ1) is 11.1. The van der Waals surface area contributed by atoms with Gasteiger partial charge in [0.15, 0.2) is 0 Å². The van der Waals surface area contributed by atoms with Crippen molar-refractivity contribution < 1.29 is 9.59 Å². The van der Waals surface area contributed by atoms with Gasteiger partial charge < -0.3 is 15.2 Å². The van der Waals surface area contributed by atoms with E-state index in [-0.39, 0.29) is 11.2 Å². The largest absolute Gasteiger partial charge is 0.364 e. The van der Waals surface area contributed by atoms with Gasteiger partial charge in [-0.1, -0.05) is 17.8 Å². The first kappa shape index (κ1) is 15.5. The van der Waals surface area contributed by atoms with Crippen molar-refractivity contribution in [1.82, 2.24) is 19.4 Å². The zero-order valence-electron chi connectivity index (χ0n) is 12.7. The number of aromatic nitrogens is 3. The van der Waals surface area contributed by atoms with Crippen LogP contribution in [0.25, 0.3) is 0 Å². The number of thioether (sulfide) groups is 1. The van der Waals surface area contributed by atoms with Crippen molar-refractivity contribution in [2.45, 2.75) is 30.3 Å². The first-order valence-electron chi connectivity index (χ1n) is 7.27. The van der Waals surface area contributed by atoms with Crippen LogP contribution in [-0.4, -0.2) is 43.0 Å². The highest BCUT2D eigenvalue weighted by Crippen LogP contribution is 2.24. The van der Waals surface area contributed by atoms with Crippen LogP contribution >= 0.6 is 11.8 Å². The van der Waals surface area contributed by atoms with Gasteiger partial charge in [0.25, 0.3) is 5.91 Å². The molecule has 3 heterocycles. The summed E-state index contributed by atoms with van der Waals surface area (Å²) >= 11 is 1.43. The van der Waals surface area contributed by atoms with Crippen LogP contribution in [-0.2, 0) is 17.9 Å². The molecule has 120 valence electrons. The van der Waals surface area contributed by atoms with Crippen molar-refractivity contribution in [3.05, 3.63) is 42.1 Å². The van der Waals surface area contributed by atoms with E-state index in [1.165, 1.54) is 18.0 Å². The van der Waals surface area contributed by atoms with E-state index in [2.05, 4.69) is 9.97 Å². The molecule has 2 aromatic rings. The molecule has 2 aromatic heterocycles. The summed E-state index contributed by atoms with van der Waals surface area (Å²) in [6.45, 7) is 3.33. The number of hydrogen-bond donors (Lipinski definition) is 1. The maximum atomic E-state index is 12.6. The average Bonchev–Trinajstić information content (AvgIpc) is 2.98. The molecule has 1 aliphatic rings. The third-order valence-corrected chi connectivity index (χ3v) is 4.75. The van der Waals surface area contributed by atoms with Gasteiger partial charge in [-0.25, -0.2) is 9.97 Å². The molecule has 1 atom stereocenters. The molecule has 7 nitrogen and oxygen atoms in total. The molecule has 3 rings (SSSR count). The number of nitrogens with two attached hydrogens (primary N) is 1. The SMILES string of the molecule is CC(Sc1ccccn1)C(=O)N1CCn2c(C(N)=O)cnc2C1. The molecule has 0 saturated heterocycles. The minimum Gasteiger partial charge on any atom is -0.364 e. The number of amides is 2. The Balaban J connectivity index is 1.68. The van der Waals surface area contributed by atoms with Gasteiger partial charge in [0, 0.05) is 19.3 Å². The number of pyridine rings is 1. The number of fused-ring (bicyclic) bond motifs is 1. The van der Waals surface area contributed by atoms with Gasteiger partial charge in [-0.3, -0.25) is 9.59 Å². The van der Waals surface area contributed by atoms with Crippen LogP contribution in [0.1, 0.15) is 23.2 Å². The van der Waals surface area contributed by atoms with Gasteiger partial charge in [-0.15, -0.1) is 0 Å². The van der Waals surface area contributed by atoms with E-state index in [1.54, 1.807) is 15.7 Å². The number of nitrogens with zero attached hydrogens (tertiary/aromatic N) is 4. The van der Waals surface area contributed by atoms with Crippen molar-refractivity contribution in [2.75, 3.05) is 6.54 Å². The maximum absolute atomic E-state index is 12.6. The van der Waals surface area contributed by atoms with Crippen molar-refractivity contribution in [2.24, 2.45) is 5.73 Å². The van der Waals surface area contributed by atoms with Crippen molar-refractivity contribution >= 4 is 23.6 Å². The second-order valence-corrected chi connectivity index (χ2v) is 6.62. The monoisotopic (exact) mass is 331 g/mol. The number of hydrogen-bond acceptors (Lipinski definition) is 5. The molecule has 2 N–H and O–H groups in total. The fraction of sp³-hybridized carbons (Fsp3) is 0.333. The Bertz CT molecular complexity index is 731. The topological polar surface area (TPSA) is 94.1 Å². The van der Waals surface area contributed by atoms with Crippen molar-refractivity contribution in [1.29, 1.82) is 0 Å². The van der Waals surface area contributed by atoms with Crippen LogP contribution in [0.3, 0.4) is 0 Å². The Morgan fingerprint density at radius 2 is 2.13 bits per heavy atom. The van der Waals surface area contributed by atoms with Gasteiger partial charge in [0.2, 0.25) is 5.91 Å². The molecule has 0 radical (unpaired) electrons. The smallest absolute Gasteiger partial charge is 0.266 e. The van der Waals surface area contributed by atoms with Gasteiger partial charge in [-0.05, 0) is 19.1 Å². The van der Waals surface area contributed by atoms with Gasteiger partial charge in [0.05, 0.1) is 23.0 Å². The summed E-state index contributed by atoms with van der Waals surface area (Å²) < 4.78 is 1.78. The highest BCUT2D eigenvalue weighted by Gasteiger charge is 2.28. The minimum absolute atomic E-state index is 0.0375. The molecule has 0 aromatic carbocycles. The predicted octanol–water partition coefficient (Wildman–Crippen LogP) is 0.900. The number of imidazole rings is 1.